The van der Waals surface area contributed by atoms with Gasteiger partial charge in [0.1, 0.15) is 6.61 Å². The van der Waals surface area contributed by atoms with E-state index in [1.54, 1.807) is 13.0 Å². The zero-order chi connectivity index (χ0) is 15.7. The highest BCUT2D eigenvalue weighted by Gasteiger charge is 2.19. The second-order valence-corrected chi connectivity index (χ2v) is 4.18. The number of ether oxygens (including phenoxy) is 2. The van der Waals surface area contributed by atoms with Crippen LogP contribution in [0.3, 0.4) is 0 Å². The van der Waals surface area contributed by atoms with Crippen molar-refractivity contribution in [1.29, 1.82) is 0 Å². The predicted molar refractivity (Wildman–Crippen MR) is 72.6 cm³/mol. The van der Waals surface area contributed by atoms with E-state index in [0.717, 1.165) is 0 Å². The highest BCUT2D eigenvalue weighted by Crippen LogP contribution is 2.18. The number of nitrogens with one attached hydrogen (secondary N) is 1. The molecule has 1 aromatic carbocycles. The summed E-state index contributed by atoms with van der Waals surface area (Å²) < 4.78 is 23.6. The Labute approximate surface area is 121 Å². The van der Waals surface area contributed by atoms with Gasteiger partial charge in [-0.05, 0) is 18.6 Å². The van der Waals surface area contributed by atoms with Crippen molar-refractivity contribution >= 4 is 11.9 Å². The Balaban J connectivity index is 2.39. The number of hydrogen-bond acceptors (Lipinski definition) is 4. The van der Waals surface area contributed by atoms with E-state index in [1.165, 1.54) is 18.2 Å². The third-order valence-electron chi connectivity index (χ3n) is 2.54. The molecule has 7 heteroatoms. The van der Waals surface area contributed by atoms with E-state index in [1.807, 2.05) is 0 Å². The second-order valence-electron chi connectivity index (χ2n) is 4.18. The first-order chi connectivity index (χ1) is 10.0. The molecule has 2 N–H and O–H groups in total. The van der Waals surface area contributed by atoms with Crippen LogP contribution in [0.1, 0.15) is 13.3 Å². The molecule has 116 valence electrons. The van der Waals surface area contributed by atoms with E-state index in [4.69, 9.17) is 14.6 Å². The van der Waals surface area contributed by atoms with Gasteiger partial charge in [0.25, 0.3) is 5.91 Å². The van der Waals surface area contributed by atoms with Crippen molar-refractivity contribution < 1.29 is 28.6 Å². The summed E-state index contributed by atoms with van der Waals surface area (Å²) in [6, 6.07) is 5.84. The smallest absolute Gasteiger partial charge is 0.329 e. The van der Waals surface area contributed by atoms with E-state index >= 15 is 0 Å². The van der Waals surface area contributed by atoms with Crippen molar-refractivity contribution in [1.82, 2.24) is 5.32 Å². The molecule has 1 rings (SSSR count). The standard InChI is InChI=1S/C14H18FNO5/c1-2-11(21-12-6-4-3-5-10(12)15)14(19)16-7-8-20-9-13(17)18/h3-6,11H,2,7-9H2,1H3,(H,16,19)(H,17,18). The van der Waals surface area contributed by atoms with Gasteiger partial charge in [-0.3, -0.25) is 4.79 Å². The molecule has 0 saturated carbocycles. The lowest BCUT2D eigenvalue weighted by atomic mass is 10.2. The van der Waals surface area contributed by atoms with E-state index in [9.17, 15) is 14.0 Å². The van der Waals surface area contributed by atoms with Gasteiger partial charge in [-0.1, -0.05) is 19.1 Å². The number of carbonyl (C=O) groups is 2. The minimum atomic E-state index is -1.07. The maximum atomic E-state index is 13.4. The van der Waals surface area contributed by atoms with Gasteiger partial charge in [0.05, 0.1) is 6.61 Å². The maximum absolute atomic E-state index is 13.4. The lowest BCUT2D eigenvalue weighted by Gasteiger charge is -2.17. The van der Waals surface area contributed by atoms with Crippen LogP contribution in [0.15, 0.2) is 24.3 Å². The lowest BCUT2D eigenvalue weighted by molar-refractivity contribution is -0.142. The van der Waals surface area contributed by atoms with Gasteiger partial charge in [-0.15, -0.1) is 0 Å². The molecule has 0 saturated heterocycles. The van der Waals surface area contributed by atoms with Gasteiger partial charge in [0.15, 0.2) is 17.7 Å². The summed E-state index contributed by atoms with van der Waals surface area (Å²) in [5.74, 6) is -1.99. The van der Waals surface area contributed by atoms with Crippen LogP contribution < -0.4 is 10.1 Å². The largest absolute Gasteiger partial charge is 0.480 e. The van der Waals surface area contributed by atoms with Crippen LogP contribution in [0.4, 0.5) is 4.39 Å². The minimum absolute atomic E-state index is 0.0154. The molecule has 0 aromatic heterocycles. The van der Waals surface area contributed by atoms with E-state index < -0.39 is 30.4 Å². The predicted octanol–water partition coefficient (Wildman–Crippen LogP) is 1.20. The Morgan fingerprint density at radius 1 is 1.38 bits per heavy atom. The zero-order valence-electron chi connectivity index (χ0n) is 11.7. The van der Waals surface area contributed by atoms with Crippen LogP contribution in [0, 0.1) is 5.82 Å². The molecule has 6 nitrogen and oxygen atoms in total. The van der Waals surface area contributed by atoms with Crippen LogP contribution in [0.2, 0.25) is 0 Å². The molecular formula is C14H18FNO5. The second kappa shape index (κ2) is 8.91. The molecule has 1 unspecified atom stereocenters. The molecular weight excluding hydrogens is 281 g/mol. The Morgan fingerprint density at radius 3 is 2.71 bits per heavy atom. The number of aliphatic carboxylic acids is 1. The van der Waals surface area contributed by atoms with Crippen molar-refractivity contribution in [3.63, 3.8) is 0 Å². The van der Waals surface area contributed by atoms with Crippen molar-refractivity contribution in [3.05, 3.63) is 30.1 Å². The summed E-state index contributed by atoms with van der Waals surface area (Å²) in [7, 11) is 0. The Kier molecular flexibility index (Phi) is 7.17. The van der Waals surface area contributed by atoms with Crippen molar-refractivity contribution in [2.75, 3.05) is 19.8 Å². The van der Waals surface area contributed by atoms with Gasteiger partial charge >= 0.3 is 5.97 Å². The maximum Gasteiger partial charge on any atom is 0.329 e. The molecule has 1 atom stereocenters. The fraction of sp³-hybridized carbons (Fsp3) is 0.429. The molecule has 0 fully saturated rings. The van der Waals surface area contributed by atoms with Crippen LogP contribution in [0.5, 0.6) is 5.75 Å². The summed E-state index contributed by atoms with van der Waals surface area (Å²) in [6.07, 6.45) is -0.447. The number of halogens is 1. The number of benzene rings is 1. The van der Waals surface area contributed by atoms with Crippen molar-refractivity contribution in [3.8, 4) is 5.75 Å². The molecule has 0 radical (unpaired) electrons. The summed E-state index contributed by atoms with van der Waals surface area (Å²) in [5, 5.41) is 10.9. The minimum Gasteiger partial charge on any atom is -0.480 e. The number of amides is 1. The zero-order valence-corrected chi connectivity index (χ0v) is 11.7. The summed E-state index contributed by atoms with van der Waals surface area (Å²) in [6.45, 7) is 1.56. The molecule has 0 aliphatic rings. The van der Waals surface area contributed by atoms with Gasteiger partial charge in [-0.25, -0.2) is 9.18 Å². The first-order valence-electron chi connectivity index (χ1n) is 6.53. The Hall–Kier alpha value is -2.15. The molecule has 0 bridgehead atoms. The number of carboxylic acid groups (broad SMARTS) is 1. The average molecular weight is 299 g/mol. The van der Waals surface area contributed by atoms with E-state index in [0.29, 0.717) is 6.42 Å². The monoisotopic (exact) mass is 299 g/mol. The molecule has 1 aromatic rings. The number of para-hydroxylation sites is 1. The topological polar surface area (TPSA) is 84.9 Å². The molecule has 21 heavy (non-hydrogen) atoms. The Bertz CT molecular complexity index is 480. The summed E-state index contributed by atoms with van der Waals surface area (Å²) in [5.41, 5.74) is 0. The average Bonchev–Trinajstić information content (AvgIpc) is 2.45. The van der Waals surface area contributed by atoms with Gasteiger partial charge < -0.3 is 19.9 Å². The number of hydrogen-bond donors (Lipinski definition) is 2. The SMILES string of the molecule is CCC(Oc1ccccc1F)C(=O)NCCOCC(=O)O. The molecule has 0 aliphatic carbocycles. The number of carboxylic acids is 1. The summed E-state index contributed by atoms with van der Waals surface area (Å²) in [4.78, 5) is 22.1. The van der Waals surface area contributed by atoms with Crippen molar-refractivity contribution in [2.45, 2.75) is 19.4 Å². The highest BCUT2D eigenvalue weighted by atomic mass is 19.1. The van der Waals surface area contributed by atoms with Crippen LogP contribution in [-0.2, 0) is 14.3 Å². The van der Waals surface area contributed by atoms with Crippen LogP contribution >= 0.6 is 0 Å². The van der Waals surface area contributed by atoms with Gasteiger partial charge in [0, 0.05) is 6.54 Å². The van der Waals surface area contributed by atoms with Crippen LogP contribution in [0.25, 0.3) is 0 Å². The molecule has 0 aliphatic heterocycles. The Morgan fingerprint density at radius 2 is 2.10 bits per heavy atom. The van der Waals surface area contributed by atoms with Gasteiger partial charge in [-0.2, -0.15) is 0 Å². The molecule has 0 spiro atoms. The number of rotatable bonds is 9. The van der Waals surface area contributed by atoms with Gasteiger partial charge in [0.2, 0.25) is 0 Å². The van der Waals surface area contributed by atoms with Crippen LogP contribution in [-0.4, -0.2) is 42.8 Å². The quantitative estimate of drug-likeness (QED) is 0.669. The fourth-order valence-corrected chi connectivity index (χ4v) is 1.54. The highest BCUT2D eigenvalue weighted by molar-refractivity contribution is 5.81. The lowest BCUT2D eigenvalue weighted by Crippen LogP contribution is -2.39. The first-order valence-corrected chi connectivity index (χ1v) is 6.53. The fourth-order valence-electron chi connectivity index (χ4n) is 1.54. The normalized spacial score (nSPS) is 11.7. The molecule has 0 heterocycles. The summed E-state index contributed by atoms with van der Waals surface area (Å²) >= 11 is 0. The van der Waals surface area contributed by atoms with Crippen molar-refractivity contribution in [2.24, 2.45) is 0 Å². The first kappa shape index (κ1) is 16.9. The third kappa shape index (κ3) is 6.22. The van der Waals surface area contributed by atoms with E-state index in [2.05, 4.69) is 5.32 Å². The molecule has 1 amide bonds. The van der Waals surface area contributed by atoms with E-state index in [-0.39, 0.29) is 18.9 Å². The third-order valence-corrected chi connectivity index (χ3v) is 2.54. The number of carbonyl (C=O) groups excluding carboxylic acids is 1.